The zero-order chi connectivity index (χ0) is 22.9. The molecule has 1 amide bonds. The molecule has 4 nitrogen and oxygen atoms in total. The average molecular weight is 456 g/mol. The lowest BCUT2D eigenvalue weighted by atomic mass is 10.1. The van der Waals surface area contributed by atoms with E-state index < -0.39 is 23.5 Å². The van der Waals surface area contributed by atoms with E-state index in [-0.39, 0.29) is 10.7 Å². The number of anilines is 1. The van der Waals surface area contributed by atoms with Crippen molar-refractivity contribution in [3.63, 3.8) is 0 Å². The fourth-order valence-electron chi connectivity index (χ4n) is 3.47. The van der Waals surface area contributed by atoms with Gasteiger partial charge >= 0.3 is 6.18 Å². The van der Waals surface area contributed by atoms with Gasteiger partial charge in [0.05, 0.1) is 10.7 Å². The highest BCUT2D eigenvalue weighted by Gasteiger charge is 2.32. The summed E-state index contributed by atoms with van der Waals surface area (Å²) < 4.78 is 39.0. The highest BCUT2D eigenvalue weighted by Crippen LogP contribution is 2.37. The van der Waals surface area contributed by atoms with Gasteiger partial charge in [0.1, 0.15) is 11.4 Å². The molecule has 0 atom stereocenters. The maximum absolute atomic E-state index is 13.0. The van der Waals surface area contributed by atoms with Crippen LogP contribution >= 0.6 is 11.6 Å². The van der Waals surface area contributed by atoms with E-state index in [0.29, 0.717) is 18.2 Å². The summed E-state index contributed by atoms with van der Waals surface area (Å²) in [6, 6.07) is 19.6. The van der Waals surface area contributed by atoms with Gasteiger partial charge in [-0.15, -0.1) is 0 Å². The first-order valence-corrected chi connectivity index (χ1v) is 10.0. The van der Waals surface area contributed by atoms with Gasteiger partial charge in [-0.3, -0.25) is 4.79 Å². The number of halogens is 4. The van der Waals surface area contributed by atoms with E-state index in [0.717, 1.165) is 16.7 Å². The van der Waals surface area contributed by atoms with E-state index >= 15 is 0 Å². The van der Waals surface area contributed by atoms with Crippen LogP contribution in [0, 0.1) is 0 Å². The van der Waals surface area contributed by atoms with Crippen molar-refractivity contribution in [1.82, 2.24) is 0 Å². The highest BCUT2D eigenvalue weighted by atomic mass is 35.5. The number of carbonyl (C=O) groups excluding carboxylic acids is 1. The summed E-state index contributed by atoms with van der Waals surface area (Å²) in [4.78, 5) is 16.9. The number of allylic oxidation sites excluding steroid dienone is 1. The van der Waals surface area contributed by atoms with Crippen LogP contribution in [-0.4, -0.2) is 17.8 Å². The van der Waals surface area contributed by atoms with Crippen LogP contribution in [-0.2, 0) is 11.2 Å². The van der Waals surface area contributed by atoms with Gasteiger partial charge in [0, 0.05) is 5.69 Å². The van der Waals surface area contributed by atoms with E-state index in [4.69, 9.17) is 17.3 Å². The molecule has 0 aromatic heterocycles. The van der Waals surface area contributed by atoms with Crippen molar-refractivity contribution in [2.75, 3.05) is 5.32 Å². The zero-order valence-corrected chi connectivity index (χ0v) is 17.3. The number of alkyl halides is 3. The summed E-state index contributed by atoms with van der Waals surface area (Å²) in [7, 11) is 0. The Hall–Kier alpha value is -3.58. The van der Waals surface area contributed by atoms with Gasteiger partial charge in [-0.25, -0.2) is 4.99 Å². The molecular weight excluding hydrogens is 439 g/mol. The number of benzene rings is 3. The number of nitrogens with zero attached hydrogens (tertiary/aromatic N) is 1. The van der Waals surface area contributed by atoms with Crippen LogP contribution in [0.25, 0.3) is 11.1 Å². The van der Waals surface area contributed by atoms with Gasteiger partial charge in [0.25, 0.3) is 5.91 Å². The first kappa shape index (κ1) is 21.6. The second-order valence-corrected chi connectivity index (χ2v) is 7.61. The van der Waals surface area contributed by atoms with Crippen LogP contribution in [0.5, 0.6) is 0 Å². The Kier molecular flexibility index (Phi) is 5.76. The summed E-state index contributed by atoms with van der Waals surface area (Å²) in [6.07, 6.45) is -3.60. The second kappa shape index (κ2) is 8.51. The van der Waals surface area contributed by atoms with Gasteiger partial charge in [-0.1, -0.05) is 54.1 Å². The van der Waals surface area contributed by atoms with Crippen LogP contribution in [0.3, 0.4) is 0 Å². The third-order valence-electron chi connectivity index (χ3n) is 5.00. The first-order valence-electron chi connectivity index (χ1n) is 9.62. The van der Waals surface area contributed by atoms with Crippen LogP contribution < -0.4 is 11.1 Å². The van der Waals surface area contributed by atoms with Crippen molar-refractivity contribution in [1.29, 1.82) is 0 Å². The summed E-state index contributed by atoms with van der Waals surface area (Å²) in [5.41, 5.74) is 8.14. The fourth-order valence-corrected chi connectivity index (χ4v) is 3.65. The van der Waals surface area contributed by atoms with Crippen molar-refractivity contribution in [3.05, 3.63) is 94.7 Å². The predicted molar refractivity (Wildman–Crippen MR) is 120 cm³/mol. The Labute approximate surface area is 187 Å². The minimum atomic E-state index is -4.80. The monoisotopic (exact) mass is 455 g/mol. The third-order valence-corrected chi connectivity index (χ3v) is 5.32. The highest BCUT2D eigenvalue weighted by molar-refractivity contribution is 6.48. The number of nitrogens with two attached hydrogens (primary N) is 1. The number of rotatable bonds is 4. The molecule has 0 spiro atoms. The number of amides is 1. The molecule has 3 aromatic rings. The molecule has 0 unspecified atom stereocenters. The lowest BCUT2D eigenvalue weighted by molar-refractivity contribution is -0.110. The van der Waals surface area contributed by atoms with Gasteiger partial charge in [0.15, 0.2) is 0 Å². The normalized spacial score (nSPS) is 13.5. The maximum atomic E-state index is 13.0. The molecule has 32 heavy (non-hydrogen) atoms. The molecule has 0 heterocycles. The van der Waals surface area contributed by atoms with E-state index in [9.17, 15) is 18.0 Å². The summed E-state index contributed by atoms with van der Waals surface area (Å²) in [5, 5.41) is 2.80. The quantitative estimate of drug-likeness (QED) is 0.369. The summed E-state index contributed by atoms with van der Waals surface area (Å²) >= 11 is 6.05. The molecule has 4 rings (SSSR count). The van der Waals surface area contributed by atoms with Crippen LogP contribution in [0.2, 0.25) is 5.02 Å². The Bertz CT molecular complexity index is 1270. The number of fused-ring (bicyclic) bond motifs is 3. The molecule has 0 bridgehead atoms. The Balaban J connectivity index is 1.65. The number of aliphatic imine (C=N–C) groups is 1. The van der Waals surface area contributed by atoms with Gasteiger partial charge in [-0.05, 0) is 59.0 Å². The summed E-state index contributed by atoms with van der Waals surface area (Å²) in [5.74, 6) is -0.840. The van der Waals surface area contributed by atoms with Crippen molar-refractivity contribution in [3.8, 4) is 11.1 Å². The Morgan fingerprint density at radius 1 is 1.00 bits per heavy atom. The molecule has 0 fully saturated rings. The average Bonchev–Trinajstić information content (AvgIpc) is 3.11. The molecule has 0 saturated heterocycles. The number of carbonyl (C=O) groups is 1. The van der Waals surface area contributed by atoms with Gasteiger partial charge in [0.2, 0.25) is 0 Å². The van der Waals surface area contributed by atoms with Gasteiger partial charge < -0.3 is 11.1 Å². The van der Waals surface area contributed by atoms with E-state index in [2.05, 4.69) is 10.3 Å². The minimum Gasteiger partial charge on any atom is -0.395 e. The molecule has 3 N–H and O–H groups in total. The number of hydrogen-bond donors (Lipinski definition) is 2. The molecule has 0 aliphatic heterocycles. The molecule has 162 valence electrons. The molecule has 0 radical (unpaired) electrons. The third kappa shape index (κ3) is 4.53. The molecule has 3 aromatic carbocycles. The van der Waals surface area contributed by atoms with Crippen molar-refractivity contribution >= 4 is 34.6 Å². The smallest absolute Gasteiger partial charge is 0.395 e. The molecule has 0 saturated carbocycles. The summed E-state index contributed by atoms with van der Waals surface area (Å²) in [6.45, 7) is 0. The standard InChI is InChI=1S/C24H17ClF3N3O/c25-19-7-3-4-8-20(19)31-21(13-22(29)24(26,27)28)23(32)30-16-9-10-18-15(12-16)11-14-5-1-2-6-17(14)18/h1-10,12-13H,11,29H2,(H,30,32). The van der Waals surface area contributed by atoms with E-state index in [1.165, 1.54) is 17.7 Å². The van der Waals surface area contributed by atoms with E-state index in [1.54, 1.807) is 24.3 Å². The van der Waals surface area contributed by atoms with Crippen molar-refractivity contribution < 1.29 is 18.0 Å². The predicted octanol–water partition coefficient (Wildman–Crippen LogP) is 6.03. The minimum absolute atomic E-state index is 0.148. The topological polar surface area (TPSA) is 67.5 Å². The van der Waals surface area contributed by atoms with Crippen LogP contribution in [0.15, 0.2) is 83.5 Å². The number of para-hydroxylation sites is 1. The lowest BCUT2D eigenvalue weighted by Crippen LogP contribution is -2.26. The van der Waals surface area contributed by atoms with Gasteiger partial charge in [-0.2, -0.15) is 13.2 Å². The molecule has 1 aliphatic carbocycles. The SMILES string of the molecule is NC(=CC(=Nc1ccccc1Cl)C(=O)Nc1ccc2c(c1)Cc1ccccc1-2)C(F)(F)F. The molecule has 1 aliphatic rings. The largest absolute Gasteiger partial charge is 0.430 e. The fraction of sp³-hybridized carbons (Fsp3) is 0.0833. The second-order valence-electron chi connectivity index (χ2n) is 7.21. The Morgan fingerprint density at radius 3 is 2.44 bits per heavy atom. The lowest BCUT2D eigenvalue weighted by Gasteiger charge is -2.10. The Morgan fingerprint density at radius 2 is 1.69 bits per heavy atom. The zero-order valence-electron chi connectivity index (χ0n) is 16.6. The van der Waals surface area contributed by atoms with E-state index in [1.807, 2.05) is 30.3 Å². The van der Waals surface area contributed by atoms with Crippen LogP contribution in [0.1, 0.15) is 11.1 Å². The number of hydrogen-bond acceptors (Lipinski definition) is 3. The van der Waals surface area contributed by atoms with Crippen LogP contribution in [0.4, 0.5) is 24.5 Å². The molecular formula is C24H17ClF3N3O. The number of nitrogens with one attached hydrogen (secondary N) is 1. The van der Waals surface area contributed by atoms with Crippen molar-refractivity contribution in [2.24, 2.45) is 10.7 Å². The molecule has 8 heteroatoms. The first-order chi connectivity index (χ1) is 15.2. The van der Waals surface area contributed by atoms with Crippen molar-refractivity contribution in [2.45, 2.75) is 12.6 Å². The maximum Gasteiger partial charge on any atom is 0.430 e.